The Kier molecular flexibility index (Phi) is 7.80. The summed E-state index contributed by atoms with van der Waals surface area (Å²) in [5.41, 5.74) is 5.52. The summed E-state index contributed by atoms with van der Waals surface area (Å²) in [7, 11) is 1.61. The summed E-state index contributed by atoms with van der Waals surface area (Å²) in [5.74, 6) is 0.253. The Bertz CT molecular complexity index is 1490. The fraction of sp³-hybridized carbons (Fsp3) is 0.353. The van der Waals surface area contributed by atoms with E-state index in [0.29, 0.717) is 26.1 Å². The predicted octanol–water partition coefficient (Wildman–Crippen LogP) is 5.87. The molecule has 1 N–H and O–H groups in total. The quantitative estimate of drug-likeness (QED) is 0.291. The number of methoxy groups -OCH3 is 1. The summed E-state index contributed by atoms with van der Waals surface area (Å²) in [6.07, 6.45) is 5.25. The Morgan fingerprint density at radius 1 is 0.950 bits per heavy atom. The van der Waals surface area contributed by atoms with Crippen LogP contribution in [0.25, 0.3) is 22.0 Å². The van der Waals surface area contributed by atoms with E-state index in [1.54, 1.807) is 11.7 Å². The first-order valence-corrected chi connectivity index (χ1v) is 14.4. The van der Waals surface area contributed by atoms with Gasteiger partial charge in [-0.3, -0.25) is 14.2 Å². The van der Waals surface area contributed by atoms with Gasteiger partial charge in [0.1, 0.15) is 0 Å². The second-order valence-corrected chi connectivity index (χ2v) is 11.1. The normalized spacial score (nSPS) is 19.0. The van der Waals surface area contributed by atoms with E-state index in [1.165, 1.54) is 16.7 Å². The first-order valence-electron chi connectivity index (χ1n) is 14.4. The van der Waals surface area contributed by atoms with Crippen molar-refractivity contribution in [1.82, 2.24) is 14.8 Å². The van der Waals surface area contributed by atoms with Crippen LogP contribution in [0, 0.1) is 5.92 Å². The lowest BCUT2D eigenvalue weighted by atomic mass is 9.79. The lowest BCUT2D eigenvalue weighted by Crippen LogP contribution is -2.47. The maximum absolute atomic E-state index is 14.3. The number of carbonyl (C=O) groups excluding carboxylic acids is 2. The van der Waals surface area contributed by atoms with Gasteiger partial charge in [-0.05, 0) is 60.0 Å². The molecule has 3 aromatic carbocycles. The van der Waals surface area contributed by atoms with Crippen molar-refractivity contribution in [3.8, 4) is 11.1 Å². The number of amides is 1. The third-order valence-corrected chi connectivity index (χ3v) is 8.42. The van der Waals surface area contributed by atoms with Gasteiger partial charge in [0.25, 0.3) is 0 Å². The van der Waals surface area contributed by atoms with Crippen molar-refractivity contribution in [2.24, 2.45) is 5.92 Å². The number of benzene rings is 3. The van der Waals surface area contributed by atoms with Gasteiger partial charge in [-0.1, -0.05) is 72.8 Å². The zero-order valence-corrected chi connectivity index (χ0v) is 23.1. The van der Waals surface area contributed by atoms with Crippen LogP contribution in [0.4, 0.5) is 0 Å². The summed E-state index contributed by atoms with van der Waals surface area (Å²) in [4.78, 5) is 29.4. The van der Waals surface area contributed by atoms with Crippen molar-refractivity contribution in [3.63, 3.8) is 0 Å². The maximum atomic E-state index is 14.3. The summed E-state index contributed by atoms with van der Waals surface area (Å²) in [6, 6.07) is 27.4. The second kappa shape index (κ2) is 11.8. The Hall–Kier alpha value is -3.74. The molecule has 1 aliphatic heterocycles. The topological polar surface area (TPSA) is 63.6 Å². The van der Waals surface area contributed by atoms with Gasteiger partial charge < -0.3 is 15.0 Å². The summed E-state index contributed by atoms with van der Waals surface area (Å²) >= 11 is 0. The predicted molar refractivity (Wildman–Crippen MR) is 158 cm³/mol. The number of rotatable bonds is 9. The highest BCUT2D eigenvalue weighted by Gasteiger charge is 2.40. The number of fused-ring (bicyclic) bond motifs is 1. The number of nitrogens with one attached hydrogen (secondary N) is 1. The van der Waals surface area contributed by atoms with E-state index in [1.807, 2.05) is 30.5 Å². The van der Waals surface area contributed by atoms with Crippen LogP contribution < -0.4 is 5.32 Å². The molecular weight excluding hydrogens is 498 g/mol. The molecule has 0 bridgehead atoms. The monoisotopic (exact) mass is 535 g/mol. The molecule has 0 radical (unpaired) electrons. The second-order valence-electron chi connectivity index (χ2n) is 11.1. The van der Waals surface area contributed by atoms with E-state index in [0.717, 1.165) is 42.3 Å². The molecule has 1 aromatic heterocycles. The third kappa shape index (κ3) is 5.47. The fourth-order valence-corrected chi connectivity index (χ4v) is 6.16. The molecule has 2 fully saturated rings. The molecule has 6 heteroatoms. The smallest absolute Gasteiger partial charge is 0.233 e. The minimum atomic E-state index is -0.128. The van der Waals surface area contributed by atoms with Gasteiger partial charge in [0.05, 0.1) is 24.5 Å². The van der Waals surface area contributed by atoms with Gasteiger partial charge >= 0.3 is 0 Å². The van der Waals surface area contributed by atoms with Crippen molar-refractivity contribution in [2.45, 2.75) is 44.2 Å². The third-order valence-electron chi connectivity index (χ3n) is 8.42. The molecule has 1 saturated heterocycles. The van der Waals surface area contributed by atoms with Crippen molar-refractivity contribution in [3.05, 3.63) is 96.2 Å². The number of piperidine rings is 1. The highest BCUT2D eigenvalue weighted by molar-refractivity contribution is 5.95. The van der Waals surface area contributed by atoms with Crippen LogP contribution in [0.1, 0.15) is 47.5 Å². The first-order chi connectivity index (χ1) is 19.6. The van der Waals surface area contributed by atoms with E-state index in [9.17, 15) is 9.59 Å². The molecule has 206 valence electrons. The van der Waals surface area contributed by atoms with Crippen molar-refractivity contribution < 1.29 is 14.3 Å². The van der Waals surface area contributed by atoms with Crippen LogP contribution in [0.3, 0.4) is 0 Å². The van der Waals surface area contributed by atoms with Gasteiger partial charge in [0.2, 0.25) is 11.8 Å². The average molecular weight is 536 g/mol. The van der Waals surface area contributed by atoms with Crippen molar-refractivity contribution in [1.29, 1.82) is 0 Å². The zero-order valence-electron chi connectivity index (χ0n) is 23.1. The zero-order chi connectivity index (χ0) is 27.5. The van der Waals surface area contributed by atoms with Gasteiger partial charge in [-0.25, -0.2) is 0 Å². The summed E-state index contributed by atoms with van der Waals surface area (Å²) < 4.78 is 6.88. The minimum Gasteiger partial charge on any atom is -0.384 e. The number of carbonyl (C=O) groups is 2. The Morgan fingerprint density at radius 2 is 1.73 bits per heavy atom. The molecule has 0 unspecified atom stereocenters. The average Bonchev–Trinajstić information content (AvgIpc) is 3.79. The molecular formula is C34H37N3O3. The molecule has 1 aliphatic carbocycles. The maximum Gasteiger partial charge on any atom is 0.233 e. The molecule has 6 rings (SSSR count). The van der Waals surface area contributed by atoms with Crippen molar-refractivity contribution >= 4 is 22.7 Å². The molecule has 1 amide bonds. The summed E-state index contributed by atoms with van der Waals surface area (Å²) in [6.45, 7) is 2.49. The lowest BCUT2D eigenvalue weighted by molar-refractivity contribution is -0.138. The SMILES string of the molecule is COCCC(=O)n1cc(CN(C(=O)[C@H]2CNCC[C@@H]2c2cccc(-c3ccccc3)c2)C2CC2)c2ccccc21. The molecule has 6 nitrogen and oxygen atoms in total. The molecule has 40 heavy (non-hydrogen) atoms. The molecule has 1 saturated carbocycles. The van der Waals surface area contributed by atoms with E-state index in [2.05, 4.69) is 64.8 Å². The number of aromatic nitrogens is 1. The standard InChI is InChI=1S/C34H37N3O3/c1-40-19-17-33(38)37-23-27(30-12-5-6-13-32(30)37)22-36(28-14-15-28)34(39)31-21-35-18-16-29(31)26-11-7-10-25(20-26)24-8-3-2-4-9-24/h2-13,20,23,28-29,31,35H,14-19,21-22H2,1H3/t29-,31+/m1/s1. The number of hydrogen-bond acceptors (Lipinski definition) is 4. The number of ether oxygens (including phenoxy) is 1. The van der Waals surface area contributed by atoms with Crippen LogP contribution in [-0.2, 0) is 16.1 Å². The highest BCUT2D eigenvalue weighted by Crippen LogP contribution is 2.38. The number of nitrogens with zero attached hydrogens (tertiary/aromatic N) is 2. The first kappa shape index (κ1) is 26.5. The molecule has 0 spiro atoms. The summed E-state index contributed by atoms with van der Waals surface area (Å²) in [5, 5.41) is 4.53. The van der Waals surface area contributed by atoms with Crippen LogP contribution in [-0.4, -0.2) is 54.1 Å². The Balaban J connectivity index is 1.28. The molecule has 4 aromatic rings. The van der Waals surface area contributed by atoms with Crippen LogP contribution in [0.5, 0.6) is 0 Å². The van der Waals surface area contributed by atoms with Gasteiger partial charge in [-0.15, -0.1) is 0 Å². The molecule has 2 aliphatic rings. The molecule has 2 heterocycles. The fourth-order valence-electron chi connectivity index (χ4n) is 6.16. The highest BCUT2D eigenvalue weighted by atomic mass is 16.5. The van der Waals surface area contributed by atoms with Gasteiger partial charge in [-0.2, -0.15) is 0 Å². The van der Waals surface area contributed by atoms with E-state index in [-0.39, 0.29) is 29.7 Å². The van der Waals surface area contributed by atoms with E-state index in [4.69, 9.17) is 4.74 Å². The van der Waals surface area contributed by atoms with E-state index < -0.39 is 0 Å². The number of para-hydroxylation sites is 1. The Morgan fingerprint density at radius 3 is 2.52 bits per heavy atom. The van der Waals surface area contributed by atoms with Crippen LogP contribution in [0.15, 0.2) is 85.1 Å². The van der Waals surface area contributed by atoms with E-state index >= 15 is 0 Å². The van der Waals surface area contributed by atoms with Gasteiger partial charge in [0, 0.05) is 37.8 Å². The minimum absolute atomic E-state index is 0.00319. The molecule has 2 atom stereocenters. The lowest BCUT2D eigenvalue weighted by Gasteiger charge is -2.36. The van der Waals surface area contributed by atoms with Crippen LogP contribution >= 0.6 is 0 Å². The van der Waals surface area contributed by atoms with Crippen molar-refractivity contribution in [2.75, 3.05) is 26.8 Å². The Labute approximate surface area is 235 Å². The number of hydrogen-bond donors (Lipinski definition) is 1. The van der Waals surface area contributed by atoms with Gasteiger partial charge in [0.15, 0.2) is 0 Å². The van der Waals surface area contributed by atoms with Crippen LogP contribution in [0.2, 0.25) is 0 Å². The largest absolute Gasteiger partial charge is 0.384 e.